The van der Waals surface area contributed by atoms with E-state index in [2.05, 4.69) is 29.1 Å². The molecule has 0 saturated carbocycles. The zero-order valence-electron chi connectivity index (χ0n) is 12.5. The summed E-state index contributed by atoms with van der Waals surface area (Å²) in [6, 6.07) is 3.90. The highest BCUT2D eigenvalue weighted by Gasteiger charge is 1.99. The molecule has 0 fully saturated rings. The molecule has 0 saturated heterocycles. The van der Waals surface area contributed by atoms with Crippen LogP contribution in [0.1, 0.15) is 38.4 Å². The van der Waals surface area contributed by atoms with Crippen LogP contribution in [0.4, 0.5) is 0 Å². The number of hydrogen-bond donors (Lipinski definition) is 2. The van der Waals surface area contributed by atoms with Crippen molar-refractivity contribution in [3.05, 3.63) is 36.8 Å². The number of unbranched alkanes of at least 4 members (excludes halogenated alkanes) is 3. The van der Waals surface area contributed by atoms with Crippen LogP contribution >= 0.6 is 0 Å². The number of rotatable bonds is 10. The maximum Gasteiger partial charge on any atom is 0.191 e. The highest BCUT2D eigenvalue weighted by atomic mass is 16.3. The number of aliphatic imine (C=N–C) groups is 1. The van der Waals surface area contributed by atoms with E-state index in [0.717, 1.165) is 44.2 Å². The van der Waals surface area contributed by atoms with E-state index in [-0.39, 0.29) is 0 Å². The third kappa shape index (κ3) is 7.67. The molecular weight excluding hydrogens is 250 g/mol. The lowest BCUT2D eigenvalue weighted by molar-refractivity contribution is 0.507. The molecule has 0 aromatic carbocycles. The Morgan fingerprint density at radius 1 is 1.35 bits per heavy atom. The van der Waals surface area contributed by atoms with Crippen LogP contribution < -0.4 is 10.6 Å². The van der Waals surface area contributed by atoms with Gasteiger partial charge in [-0.3, -0.25) is 4.99 Å². The van der Waals surface area contributed by atoms with E-state index in [1.165, 1.54) is 19.3 Å². The lowest BCUT2D eigenvalue weighted by Gasteiger charge is -2.10. The third-order valence-corrected chi connectivity index (χ3v) is 2.94. The van der Waals surface area contributed by atoms with Crippen LogP contribution in [-0.4, -0.2) is 25.6 Å². The average Bonchev–Trinajstić information content (AvgIpc) is 2.97. The lowest BCUT2D eigenvalue weighted by Crippen LogP contribution is -2.38. The topological polar surface area (TPSA) is 49.6 Å². The first-order valence-electron chi connectivity index (χ1n) is 7.52. The molecule has 0 aliphatic heterocycles. The second kappa shape index (κ2) is 11.1. The molecule has 0 atom stereocenters. The third-order valence-electron chi connectivity index (χ3n) is 2.94. The van der Waals surface area contributed by atoms with Crippen molar-refractivity contribution in [3.8, 4) is 0 Å². The zero-order chi connectivity index (χ0) is 14.5. The van der Waals surface area contributed by atoms with Gasteiger partial charge in [0.05, 0.1) is 6.26 Å². The minimum atomic E-state index is 0.724. The normalized spacial score (nSPS) is 11.3. The summed E-state index contributed by atoms with van der Waals surface area (Å²) in [7, 11) is 0. The van der Waals surface area contributed by atoms with Gasteiger partial charge in [-0.1, -0.05) is 32.3 Å². The second-order valence-corrected chi connectivity index (χ2v) is 4.72. The van der Waals surface area contributed by atoms with Crippen molar-refractivity contribution in [1.82, 2.24) is 10.6 Å². The maximum atomic E-state index is 5.31. The lowest BCUT2D eigenvalue weighted by atomic mass is 10.2. The van der Waals surface area contributed by atoms with Gasteiger partial charge in [0.1, 0.15) is 5.76 Å². The second-order valence-electron chi connectivity index (χ2n) is 4.72. The fraction of sp³-hybridized carbons (Fsp3) is 0.562. The Hall–Kier alpha value is -1.71. The quantitative estimate of drug-likeness (QED) is 0.299. The number of nitrogens with one attached hydrogen (secondary N) is 2. The molecule has 4 nitrogen and oxygen atoms in total. The summed E-state index contributed by atoms with van der Waals surface area (Å²) in [5.74, 6) is 1.84. The van der Waals surface area contributed by atoms with Gasteiger partial charge in [-0.2, -0.15) is 0 Å². The molecule has 0 bridgehead atoms. The van der Waals surface area contributed by atoms with Crippen LogP contribution in [0.3, 0.4) is 0 Å². The summed E-state index contributed by atoms with van der Waals surface area (Å²) < 4.78 is 5.31. The number of nitrogens with zero attached hydrogens (tertiary/aromatic N) is 1. The van der Waals surface area contributed by atoms with Crippen molar-refractivity contribution in [1.29, 1.82) is 0 Å². The van der Waals surface area contributed by atoms with Crippen molar-refractivity contribution in [2.45, 2.75) is 39.0 Å². The first-order chi connectivity index (χ1) is 9.86. The summed E-state index contributed by atoms with van der Waals surface area (Å²) in [5, 5.41) is 6.55. The van der Waals surface area contributed by atoms with E-state index in [9.17, 15) is 0 Å². The zero-order valence-corrected chi connectivity index (χ0v) is 12.5. The molecule has 1 aromatic heterocycles. The molecule has 2 N–H and O–H groups in total. The summed E-state index contributed by atoms with van der Waals surface area (Å²) in [5.41, 5.74) is 0. The van der Waals surface area contributed by atoms with Crippen LogP contribution in [0.25, 0.3) is 0 Å². The van der Waals surface area contributed by atoms with E-state index in [1.807, 2.05) is 18.2 Å². The van der Waals surface area contributed by atoms with Gasteiger partial charge in [-0.05, 0) is 18.6 Å². The molecule has 20 heavy (non-hydrogen) atoms. The summed E-state index contributed by atoms with van der Waals surface area (Å²) in [6.07, 6.45) is 9.34. The van der Waals surface area contributed by atoms with E-state index in [1.54, 1.807) is 6.26 Å². The Morgan fingerprint density at radius 3 is 2.95 bits per heavy atom. The highest BCUT2D eigenvalue weighted by Crippen LogP contribution is 2.00. The van der Waals surface area contributed by atoms with E-state index in [4.69, 9.17) is 4.42 Å². The standard InChI is InChI=1S/C16H27N3O/c1-3-5-6-7-12-18-16(17-11-4-2)19-13-10-15-9-8-14-20-15/h4,8-9,14H,2-3,5-7,10-13H2,1H3,(H2,17,18,19). The molecule has 0 aliphatic rings. The average molecular weight is 277 g/mol. The Balaban J connectivity index is 2.26. The van der Waals surface area contributed by atoms with E-state index < -0.39 is 0 Å². The smallest absolute Gasteiger partial charge is 0.191 e. The minimum absolute atomic E-state index is 0.724. The predicted octanol–water partition coefficient (Wildman–Crippen LogP) is 3.12. The van der Waals surface area contributed by atoms with E-state index >= 15 is 0 Å². The van der Waals surface area contributed by atoms with E-state index in [0.29, 0.717) is 0 Å². The first-order valence-corrected chi connectivity index (χ1v) is 7.52. The molecule has 4 heteroatoms. The van der Waals surface area contributed by atoms with Crippen LogP contribution in [0, 0.1) is 0 Å². The molecule has 0 amide bonds. The van der Waals surface area contributed by atoms with Crippen LogP contribution in [0.2, 0.25) is 0 Å². The Morgan fingerprint density at radius 2 is 2.25 bits per heavy atom. The van der Waals surface area contributed by atoms with Gasteiger partial charge in [0.15, 0.2) is 5.96 Å². The number of furan rings is 1. The van der Waals surface area contributed by atoms with Crippen LogP contribution in [0.5, 0.6) is 0 Å². The van der Waals surface area contributed by atoms with Crippen LogP contribution in [-0.2, 0) is 6.42 Å². The van der Waals surface area contributed by atoms with Crippen molar-refractivity contribution < 1.29 is 4.42 Å². The minimum Gasteiger partial charge on any atom is -0.469 e. The Labute approximate surface area is 122 Å². The van der Waals surface area contributed by atoms with Crippen molar-refractivity contribution in [2.75, 3.05) is 19.6 Å². The molecule has 0 spiro atoms. The summed E-state index contributed by atoms with van der Waals surface area (Å²) >= 11 is 0. The van der Waals surface area contributed by atoms with Gasteiger partial charge in [0, 0.05) is 26.1 Å². The van der Waals surface area contributed by atoms with Gasteiger partial charge < -0.3 is 15.1 Å². The number of guanidine groups is 1. The fourth-order valence-corrected chi connectivity index (χ4v) is 1.83. The SMILES string of the molecule is C=CCNC(=NCCCCCC)NCCc1ccco1. The monoisotopic (exact) mass is 277 g/mol. The molecule has 112 valence electrons. The summed E-state index contributed by atoms with van der Waals surface area (Å²) in [4.78, 5) is 4.57. The molecule has 0 aliphatic carbocycles. The molecular formula is C16H27N3O. The Kier molecular flexibility index (Phi) is 9.11. The summed E-state index contributed by atoms with van der Waals surface area (Å²) in [6.45, 7) is 8.34. The van der Waals surface area contributed by atoms with Gasteiger partial charge in [-0.25, -0.2) is 0 Å². The van der Waals surface area contributed by atoms with Crippen LogP contribution in [0.15, 0.2) is 40.5 Å². The fourth-order valence-electron chi connectivity index (χ4n) is 1.83. The van der Waals surface area contributed by atoms with Gasteiger partial charge in [0.25, 0.3) is 0 Å². The molecule has 1 aromatic rings. The first kappa shape index (κ1) is 16.3. The maximum absolute atomic E-state index is 5.31. The van der Waals surface area contributed by atoms with Gasteiger partial charge in [-0.15, -0.1) is 6.58 Å². The highest BCUT2D eigenvalue weighted by molar-refractivity contribution is 5.79. The molecule has 1 rings (SSSR count). The van der Waals surface area contributed by atoms with Crippen molar-refractivity contribution in [2.24, 2.45) is 4.99 Å². The largest absolute Gasteiger partial charge is 0.469 e. The molecule has 1 heterocycles. The van der Waals surface area contributed by atoms with Gasteiger partial charge >= 0.3 is 0 Å². The predicted molar refractivity (Wildman–Crippen MR) is 85.1 cm³/mol. The molecule has 0 unspecified atom stereocenters. The van der Waals surface area contributed by atoms with Gasteiger partial charge in [0.2, 0.25) is 0 Å². The number of hydrogen-bond acceptors (Lipinski definition) is 2. The van der Waals surface area contributed by atoms with Crippen molar-refractivity contribution >= 4 is 5.96 Å². The van der Waals surface area contributed by atoms with Crippen molar-refractivity contribution in [3.63, 3.8) is 0 Å². The molecule has 0 radical (unpaired) electrons. The Bertz CT molecular complexity index is 371.